The summed E-state index contributed by atoms with van der Waals surface area (Å²) in [5.41, 5.74) is 2.30. The third-order valence-electron chi connectivity index (χ3n) is 4.71. The highest BCUT2D eigenvalue weighted by Crippen LogP contribution is 2.27. The van der Waals surface area contributed by atoms with E-state index in [0.29, 0.717) is 23.7 Å². The molecule has 116 valence electrons. The van der Waals surface area contributed by atoms with Crippen molar-refractivity contribution in [3.05, 3.63) is 33.1 Å². The lowest BCUT2D eigenvalue weighted by Gasteiger charge is -2.28. The van der Waals surface area contributed by atoms with E-state index in [4.69, 9.17) is 0 Å². The van der Waals surface area contributed by atoms with Crippen LogP contribution in [-0.2, 0) is 6.54 Å². The highest BCUT2D eigenvalue weighted by atomic mass is 16.6. The molecule has 1 N–H and O–H groups in total. The molecule has 21 heavy (non-hydrogen) atoms. The maximum absolute atomic E-state index is 11.1. The van der Waals surface area contributed by atoms with Gasteiger partial charge in [-0.2, -0.15) is 0 Å². The van der Waals surface area contributed by atoms with Crippen LogP contribution in [0.2, 0.25) is 0 Å². The van der Waals surface area contributed by atoms with Crippen molar-refractivity contribution in [2.75, 3.05) is 0 Å². The number of nitrogens with one attached hydrogen (secondary N) is 1. The van der Waals surface area contributed by atoms with E-state index < -0.39 is 0 Å². The molecule has 0 spiro atoms. The summed E-state index contributed by atoms with van der Waals surface area (Å²) in [6, 6.07) is 0.437. The molecule has 1 aliphatic carbocycles. The summed E-state index contributed by atoms with van der Waals surface area (Å²) in [6.07, 6.45) is 8.18. The highest BCUT2D eigenvalue weighted by molar-refractivity contribution is 5.47. The van der Waals surface area contributed by atoms with Crippen LogP contribution < -0.4 is 5.32 Å². The third-order valence-corrected chi connectivity index (χ3v) is 4.71. The zero-order valence-electron chi connectivity index (χ0n) is 13.2. The molecule has 0 amide bonds. The van der Waals surface area contributed by atoms with Gasteiger partial charge in [-0.25, -0.2) is 0 Å². The number of aryl methyl sites for hydroxylation is 1. The minimum atomic E-state index is -0.305. The molecule has 1 aromatic heterocycles. The summed E-state index contributed by atoms with van der Waals surface area (Å²) in [4.78, 5) is 15.2. The fourth-order valence-electron chi connectivity index (χ4n) is 3.28. The Morgan fingerprint density at radius 2 is 2.05 bits per heavy atom. The van der Waals surface area contributed by atoms with Crippen molar-refractivity contribution >= 4 is 5.69 Å². The van der Waals surface area contributed by atoms with E-state index in [9.17, 15) is 10.1 Å². The Bertz CT molecular complexity index is 510. The van der Waals surface area contributed by atoms with Gasteiger partial charge in [0.2, 0.25) is 0 Å². The molecule has 1 fully saturated rings. The van der Waals surface area contributed by atoms with E-state index >= 15 is 0 Å². The van der Waals surface area contributed by atoms with E-state index in [2.05, 4.69) is 17.2 Å². The Morgan fingerprint density at radius 1 is 1.38 bits per heavy atom. The van der Waals surface area contributed by atoms with Crippen LogP contribution in [0.15, 0.2) is 6.20 Å². The second kappa shape index (κ2) is 6.98. The molecule has 1 aromatic rings. The summed E-state index contributed by atoms with van der Waals surface area (Å²) in [5.74, 6) is 0.722. The Hall–Kier alpha value is -1.49. The van der Waals surface area contributed by atoms with Gasteiger partial charge in [0, 0.05) is 29.9 Å². The Balaban J connectivity index is 2.03. The van der Waals surface area contributed by atoms with Crippen LogP contribution >= 0.6 is 0 Å². The summed E-state index contributed by atoms with van der Waals surface area (Å²) in [7, 11) is 0. The molecule has 0 radical (unpaired) electrons. The summed E-state index contributed by atoms with van der Waals surface area (Å²) < 4.78 is 0. The van der Waals surface area contributed by atoms with Crippen LogP contribution in [0, 0.1) is 29.9 Å². The average molecular weight is 291 g/mol. The normalized spacial score (nSPS) is 17.7. The van der Waals surface area contributed by atoms with E-state index in [1.807, 2.05) is 0 Å². The number of nitro groups is 1. The van der Waals surface area contributed by atoms with Gasteiger partial charge in [0.15, 0.2) is 0 Å². The first-order valence-corrected chi connectivity index (χ1v) is 7.83. The highest BCUT2D eigenvalue weighted by Gasteiger charge is 2.22. The van der Waals surface area contributed by atoms with Crippen LogP contribution in [0.4, 0.5) is 5.69 Å². The minimum absolute atomic E-state index is 0.201. The van der Waals surface area contributed by atoms with E-state index in [1.165, 1.54) is 32.1 Å². The van der Waals surface area contributed by atoms with Crippen molar-refractivity contribution in [1.82, 2.24) is 10.3 Å². The van der Waals surface area contributed by atoms with E-state index in [-0.39, 0.29) is 10.6 Å². The standard InChI is InChI=1S/C16H25N3O2/c1-11-9-18-15(12(2)16(11)19(20)21)10-17-13(3)14-7-5-4-6-8-14/h9,13-14,17H,4-8,10H2,1-3H3. The maximum atomic E-state index is 11.1. The first kappa shape index (κ1) is 15.9. The van der Waals surface area contributed by atoms with Gasteiger partial charge in [0.1, 0.15) is 0 Å². The van der Waals surface area contributed by atoms with Crippen LogP contribution in [0.25, 0.3) is 0 Å². The van der Waals surface area contributed by atoms with Gasteiger partial charge in [-0.1, -0.05) is 19.3 Å². The molecule has 0 bridgehead atoms. The fourth-order valence-corrected chi connectivity index (χ4v) is 3.28. The van der Waals surface area contributed by atoms with E-state index in [1.54, 1.807) is 20.0 Å². The molecule has 1 unspecified atom stereocenters. The van der Waals surface area contributed by atoms with Gasteiger partial charge in [-0.3, -0.25) is 15.1 Å². The predicted molar refractivity (Wildman–Crippen MR) is 83.2 cm³/mol. The topological polar surface area (TPSA) is 68.1 Å². The Kier molecular flexibility index (Phi) is 5.28. The summed E-state index contributed by atoms with van der Waals surface area (Å²) in [6.45, 7) is 6.35. The number of rotatable bonds is 5. The van der Waals surface area contributed by atoms with Gasteiger partial charge in [0.25, 0.3) is 5.69 Å². The van der Waals surface area contributed by atoms with Crippen molar-refractivity contribution < 1.29 is 4.92 Å². The molecular weight excluding hydrogens is 266 g/mol. The number of hydrogen-bond acceptors (Lipinski definition) is 4. The smallest absolute Gasteiger partial charge is 0.278 e. The SMILES string of the molecule is Cc1cnc(CNC(C)C2CCCCC2)c(C)c1[N+](=O)[O-]. The maximum Gasteiger partial charge on any atom is 0.278 e. The number of hydrogen-bond donors (Lipinski definition) is 1. The molecule has 0 aliphatic heterocycles. The second-order valence-corrected chi connectivity index (χ2v) is 6.19. The third kappa shape index (κ3) is 3.79. The van der Waals surface area contributed by atoms with E-state index in [0.717, 1.165) is 11.6 Å². The second-order valence-electron chi connectivity index (χ2n) is 6.19. The van der Waals surface area contributed by atoms with Crippen molar-refractivity contribution in [1.29, 1.82) is 0 Å². The molecule has 1 heterocycles. The molecule has 2 rings (SSSR count). The Labute approximate surface area is 126 Å². The van der Waals surface area contributed by atoms with Crippen LogP contribution in [-0.4, -0.2) is 15.9 Å². The average Bonchev–Trinajstić information content (AvgIpc) is 2.46. The molecule has 0 aromatic carbocycles. The molecule has 1 atom stereocenters. The number of aromatic nitrogens is 1. The molecule has 1 aliphatic rings. The summed E-state index contributed by atoms with van der Waals surface area (Å²) in [5, 5.41) is 14.6. The molecule has 1 saturated carbocycles. The van der Waals surface area contributed by atoms with Gasteiger partial charge in [-0.15, -0.1) is 0 Å². The molecule has 5 heteroatoms. The first-order chi connectivity index (χ1) is 10.0. The van der Waals surface area contributed by atoms with Crippen molar-refractivity contribution in [3.63, 3.8) is 0 Å². The van der Waals surface area contributed by atoms with Crippen LogP contribution in [0.3, 0.4) is 0 Å². The number of pyridine rings is 1. The fraction of sp³-hybridized carbons (Fsp3) is 0.688. The quantitative estimate of drug-likeness (QED) is 0.664. The lowest BCUT2D eigenvalue weighted by Crippen LogP contribution is -2.34. The lowest BCUT2D eigenvalue weighted by atomic mass is 9.84. The summed E-state index contributed by atoms with van der Waals surface area (Å²) >= 11 is 0. The van der Waals surface area contributed by atoms with Crippen molar-refractivity contribution in [2.24, 2.45) is 5.92 Å². The molecular formula is C16H25N3O2. The largest absolute Gasteiger partial charge is 0.308 e. The minimum Gasteiger partial charge on any atom is -0.308 e. The van der Waals surface area contributed by atoms with Crippen LogP contribution in [0.1, 0.15) is 55.8 Å². The lowest BCUT2D eigenvalue weighted by molar-refractivity contribution is -0.386. The monoisotopic (exact) mass is 291 g/mol. The van der Waals surface area contributed by atoms with Gasteiger partial charge in [0.05, 0.1) is 10.6 Å². The van der Waals surface area contributed by atoms with Gasteiger partial charge in [-0.05, 0) is 39.5 Å². The predicted octanol–water partition coefficient (Wildman–Crippen LogP) is 3.67. The van der Waals surface area contributed by atoms with Gasteiger partial charge >= 0.3 is 0 Å². The number of nitrogens with zero attached hydrogens (tertiary/aromatic N) is 2. The zero-order valence-corrected chi connectivity index (χ0v) is 13.2. The zero-order chi connectivity index (χ0) is 15.4. The molecule has 5 nitrogen and oxygen atoms in total. The Morgan fingerprint density at radius 3 is 2.67 bits per heavy atom. The molecule has 0 saturated heterocycles. The van der Waals surface area contributed by atoms with Crippen LogP contribution in [0.5, 0.6) is 0 Å². The van der Waals surface area contributed by atoms with Crippen molar-refractivity contribution in [3.8, 4) is 0 Å². The first-order valence-electron chi connectivity index (χ1n) is 7.83. The van der Waals surface area contributed by atoms with Gasteiger partial charge < -0.3 is 5.32 Å². The van der Waals surface area contributed by atoms with Crippen molar-refractivity contribution in [2.45, 2.75) is 65.5 Å².